The normalized spacial score (nSPS) is 13.5. The summed E-state index contributed by atoms with van der Waals surface area (Å²) < 4.78 is 5.21. The number of hydrogen-bond donors (Lipinski definition) is 14. The number of para-hydroxylation sites is 1. The summed E-state index contributed by atoms with van der Waals surface area (Å²) >= 11 is 0. The molecule has 0 fully saturated rings. The van der Waals surface area contributed by atoms with Gasteiger partial charge in [0.15, 0.2) is 12.4 Å². The second-order valence-corrected chi connectivity index (χ2v) is 23.4. The summed E-state index contributed by atoms with van der Waals surface area (Å²) in [6.07, 6.45) is -1.73. The lowest BCUT2D eigenvalue weighted by molar-refractivity contribution is -0.142. The number of aromatic nitrogens is 1. The average Bonchev–Trinajstić information content (AvgIpc) is 1.78. The van der Waals surface area contributed by atoms with E-state index in [0.717, 1.165) is 11.1 Å². The van der Waals surface area contributed by atoms with Crippen LogP contribution in [0, 0.1) is 5.92 Å². The van der Waals surface area contributed by atoms with Crippen LogP contribution in [-0.2, 0) is 83.2 Å². The summed E-state index contributed by atoms with van der Waals surface area (Å²) in [6, 6.07) is 22.0. The van der Waals surface area contributed by atoms with Crippen LogP contribution in [-0.4, -0.2) is 164 Å². The Labute approximate surface area is 557 Å². The van der Waals surface area contributed by atoms with Gasteiger partial charge in [-0.15, -0.1) is 0 Å². The number of ketones is 1. The van der Waals surface area contributed by atoms with Gasteiger partial charge in [0.2, 0.25) is 47.3 Å². The van der Waals surface area contributed by atoms with E-state index in [0.29, 0.717) is 27.6 Å². The van der Waals surface area contributed by atoms with Gasteiger partial charge in [-0.2, -0.15) is 0 Å². The Morgan fingerprint density at radius 2 is 0.938 bits per heavy atom. The maximum Gasteiger partial charge on any atom is 0.341 e. The number of carboxylic acid groups (broad SMARTS) is 4. The van der Waals surface area contributed by atoms with Crippen molar-refractivity contribution in [2.24, 2.45) is 11.7 Å². The molecule has 0 spiro atoms. The van der Waals surface area contributed by atoms with Gasteiger partial charge in [0.25, 0.3) is 0 Å². The molecule has 6 rings (SSSR count). The Bertz CT molecular complexity index is 3790. The molecule has 8 amide bonds. The number of ether oxygens (including phenoxy) is 1. The largest absolute Gasteiger partial charge is 0.482 e. The van der Waals surface area contributed by atoms with Crippen LogP contribution in [0.15, 0.2) is 134 Å². The van der Waals surface area contributed by atoms with Crippen molar-refractivity contribution in [1.29, 1.82) is 0 Å². The van der Waals surface area contributed by atoms with E-state index in [1.807, 2.05) is 30.3 Å². The lowest BCUT2D eigenvalue weighted by Crippen LogP contribution is -2.61. The molecule has 97 heavy (non-hydrogen) atoms. The zero-order valence-electron chi connectivity index (χ0n) is 53.8. The van der Waals surface area contributed by atoms with E-state index in [1.165, 1.54) is 62.4 Å². The van der Waals surface area contributed by atoms with Crippen molar-refractivity contribution in [3.8, 4) is 16.9 Å². The van der Waals surface area contributed by atoms with Crippen LogP contribution in [0.5, 0.6) is 5.75 Å². The number of H-pyrrole nitrogens is 1. The number of hydrogen-bond acceptors (Lipinski definition) is 15. The molecule has 514 valence electrons. The third-order valence-electron chi connectivity index (χ3n) is 15.6. The number of amides is 8. The van der Waals surface area contributed by atoms with Crippen LogP contribution in [0.1, 0.15) is 92.4 Å². The molecule has 0 radical (unpaired) electrons. The van der Waals surface area contributed by atoms with Gasteiger partial charge in [0, 0.05) is 55.6 Å². The summed E-state index contributed by atoms with van der Waals surface area (Å²) in [5.74, 6) is -14.1. The van der Waals surface area contributed by atoms with Crippen LogP contribution < -0.4 is 53.0 Å². The highest BCUT2D eigenvalue weighted by molar-refractivity contribution is 6.00. The van der Waals surface area contributed by atoms with E-state index in [1.54, 1.807) is 68.6 Å². The quantitative estimate of drug-likeness (QED) is 0.0265. The molecule has 0 aliphatic carbocycles. The smallest absolute Gasteiger partial charge is 0.341 e. The van der Waals surface area contributed by atoms with Crippen LogP contribution in [0.4, 0.5) is 0 Å². The minimum Gasteiger partial charge on any atom is -0.482 e. The number of rotatable bonds is 38. The van der Waals surface area contributed by atoms with Crippen LogP contribution in [0.2, 0.25) is 0 Å². The Morgan fingerprint density at radius 3 is 1.46 bits per heavy atom. The summed E-state index contributed by atoms with van der Waals surface area (Å²) in [6.45, 7) is 5.27. The number of aliphatic carboxylic acids is 3. The van der Waals surface area contributed by atoms with Crippen molar-refractivity contribution in [2.45, 2.75) is 134 Å². The van der Waals surface area contributed by atoms with E-state index in [-0.39, 0.29) is 55.5 Å². The third-order valence-corrected chi connectivity index (χ3v) is 15.6. The fourth-order valence-corrected chi connectivity index (χ4v) is 10.4. The van der Waals surface area contributed by atoms with Gasteiger partial charge in [0.1, 0.15) is 48.0 Å². The van der Waals surface area contributed by atoms with Crippen molar-refractivity contribution in [3.63, 3.8) is 0 Å². The maximum atomic E-state index is 15.0. The molecule has 0 saturated heterocycles. The lowest BCUT2D eigenvalue weighted by Gasteiger charge is -2.29. The number of Topliss-reactive ketones (excluding diaryl/α,β-unsaturated/α-hetero) is 1. The molecule has 15 N–H and O–H groups in total. The molecule has 1 aromatic heterocycles. The number of nitrogens with one attached hydrogen (secondary N) is 9. The zero-order valence-corrected chi connectivity index (χ0v) is 53.8. The number of aromatic amines is 1. The molecule has 0 aliphatic heterocycles. The Kier molecular flexibility index (Phi) is 28.0. The number of carboxylic acids is 4. The highest BCUT2D eigenvalue weighted by Crippen LogP contribution is 2.23. The van der Waals surface area contributed by atoms with E-state index in [4.69, 9.17) is 15.6 Å². The van der Waals surface area contributed by atoms with Crippen molar-refractivity contribution >= 4 is 87.8 Å². The first kappa shape index (κ1) is 74.7. The summed E-state index contributed by atoms with van der Waals surface area (Å²) in [4.78, 5) is 178. The minimum absolute atomic E-state index is 0.00372. The molecular weight excluding hydrogens is 1260 g/mol. The summed E-state index contributed by atoms with van der Waals surface area (Å²) in [5, 5.41) is 59.8. The predicted molar refractivity (Wildman–Crippen MR) is 352 cm³/mol. The predicted octanol–water partition coefficient (Wildman–Crippen LogP) is 2.49. The number of fused-ring (bicyclic) bond motifs is 1. The molecule has 0 bridgehead atoms. The van der Waals surface area contributed by atoms with E-state index in [2.05, 4.69) is 47.5 Å². The molecule has 0 aliphatic rings. The van der Waals surface area contributed by atoms with Crippen molar-refractivity contribution in [3.05, 3.63) is 161 Å². The highest BCUT2D eigenvalue weighted by Gasteiger charge is 2.37. The SMILES string of the molecule is CCC(=O)N[C@@H](Cc1ccc(OCC(=O)O)cc1)C(=O)N[C@@H](Cc1ccc(C(=O)O)cc1)C(=O)N[C@@H](CC(=O)O)C(=O)N[C@@H](Cc1c[nH]c2ccccc12)C(=O)N[C@H](C(=O)N[C@@H](Cc1ccc(-c2ccccc2)cc1)C(=O)N[C@@H](CCC(=O)O)C(=O)N[C@@H](CCN)C(C)=O)C(C)C. The first-order valence-corrected chi connectivity index (χ1v) is 31.2. The lowest BCUT2D eigenvalue weighted by atomic mass is 9.98. The Hall–Kier alpha value is -11.3. The van der Waals surface area contributed by atoms with Crippen LogP contribution in [0.25, 0.3) is 22.0 Å². The van der Waals surface area contributed by atoms with Gasteiger partial charge in [-0.25, -0.2) is 9.59 Å². The number of nitrogens with two attached hydrogens (primary N) is 1. The van der Waals surface area contributed by atoms with Crippen molar-refractivity contribution in [1.82, 2.24) is 47.5 Å². The number of carbonyl (C=O) groups excluding carboxylic acids is 9. The van der Waals surface area contributed by atoms with Gasteiger partial charge in [-0.05, 0) is 95.9 Å². The second-order valence-electron chi connectivity index (χ2n) is 23.4. The molecule has 1 heterocycles. The molecule has 0 saturated carbocycles. The topological polar surface area (TPSA) is 450 Å². The number of aromatic carboxylic acids is 1. The van der Waals surface area contributed by atoms with Gasteiger partial charge in [0.05, 0.1) is 18.0 Å². The van der Waals surface area contributed by atoms with E-state index in [9.17, 15) is 72.9 Å². The van der Waals surface area contributed by atoms with E-state index < -0.39 is 163 Å². The van der Waals surface area contributed by atoms with Crippen molar-refractivity contribution in [2.75, 3.05) is 13.2 Å². The van der Waals surface area contributed by atoms with Crippen molar-refractivity contribution < 1.29 is 87.5 Å². The number of benzene rings is 5. The monoisotopic (exact) mass is 1340 g/mol. The van der Waals surface area contributed by atoms with Crippen LogP contribution >= 0.6 is 0 Å². The third kappa shape index (κ3) is 23.3. The molecule has 5 aromatic carbocycles. The Morgan fingerprint density at radius 1 is 0.474 bits per heavy atom. The first-order valence-electron chi connectivity index (χ1n) is 31.2. The standard InChI is InChI=1S/C69H80N10O18/c1-5-57(81)72-52(31-42-19-25-47(26-20-42)97-37-60(86)87)63(89)75-53(32-41-17-23-45(24-18-41)69(95)96)65(91)77-56(35-59(84)85)66(92)76-55(34-46-36-71-50-14-10-9-13-48(46)50)67(93)79-61(38(2)3)68(94)78-54(33-40-15-21-44(22-16-40)43-11-7-6-8-12-43)64(90)74-51(27-28-58(82)83)62(88)73-49(29-30-70)39(4)80/h6-26,36,38,49,51-56,61,71H,5,27-35,37,70H2,1-4H3,(H,72,81)(H,73,88)(H,74,90)(H,75,89)(H,76,92)(H,77,91)(H,78,94)(H,79,93)(H,82,83)(H,84,85)(H,86,87)(H,95,96)/t49-,51-,52-,53-,54-,55-,56-,61-/m0/s1. The first-order chi connectivity index (χ1) is 46.2. The van der Waals surface area contributed by atoms with E-state index >= 15 is 4.79 Å². The molecule has 28 nitrogen and oxygen atoms in total. The van der Waals surface area contributed by atoms with Gasteiger partial charge < -0.3 is 78.4 Å². The molecular formula is C69H80N10O18. The average molecular weight is 1340 g/mol. The molecule has 28 heteroatoms. The second kappa shape index (κ2) is 36.4. The fourth-order valence-electron chi connectivity index (χ4n) is 10.4. The van der Waals surface area contributed by atoms with Gasteiger partial charge in [-0.1, -0.05) is 118 Å². The summed E-state index contributed by atoms with van der Waals surface area (Å²) in [5.41, 5.74) is 9.59. The maximum absolute atomic E-state index is 15.0. The molecule has 6 aromatic rings. The molecule has 8 atom stereocenters. The molecule has 0 unspecified atom stereocenters. The fraction of sp³-hybridized carbons (Fsp3) is 0.348. The summed E-state index contributed by atoms with van der Waals surface area (Å²) in [7, 11) is 0. The highest BCUT2D eigenvalue weighted by atomic mass is 16.5. The van der Waals surface area contributed by atoms with Gasteiger partial charge in [-0.3, -0.25) is 52.7 Å². The zero-order chi connectivity index (χ0) is 70.9. The Balaban J connectivity index is 1.31. The van der Waals surface area contributed by atoms with Crippen LogP contribution in [0.3, 0.4) is 0 Å². The number of carbonyl (C=O) groups is 13. The minimum atomic E-state index is -2.00. The van der Waals surface area contributed by atoms with Gasteiger partial charge >= 0.3 is 23.9 Å².